The normalized spacial score (nSPS) is 18.2. The number of fused-ring (bicyclic) bond motifs is 2. The van der Waals surface area contributed by atoms with Crippen LogP contribution in [0.3, 0.4) is 0 Å². The summed E-state index contributed by atoms with van der Waals surface area (Å²) in [6.45, 7) is 3.97. The van der Waals surface area contributed by atoms with Gasteiger partial charge in [-0.05, 0) is 23.8 Å². The molecule has 0 fully saturated rings. The summed E-state index contributed by atoms with van der Waals surface area (Å²) < 4.78 is 0. The van der Waals surface area contributed by atoms with E-state index in [4.69, 9.17) is 0 Å². The van der Waals surface area contributed by atoms with E-state index in [0.29, 0.717) is 28.9 Å². The van der Waals surface area contributed by atoms with Crippen molar-refractivity contribution in [2.75, 3.05) is 10.2 Å². The highest BCUT2D eigenvalue weighted by Crippen LogP contribution is 2.43. The van der Waals surface area contributed by atoms with E-state index in [1.54, 1.807) is 30.3 Å². The monoisotopic (exact) mass is 320 g/mol. The number of hydrogen-bond donors (Lipinski definition) is 1. The first-order valence-electron chi connectivity index (χ1n) is 7.81. The number of benzene rings is 2. The molecule has 0 radical (unpaired) electrons. The zero-order chi connectivity index (χ0) is 17.1. The molecule has 0 aromatic heterocycles. The van der Waals surface area contributed by atoms with Gasteiger partial charge in [0, 0.05) is 11.8 Å². The Hall–Kier alpha value is -2.95. The van der Waals surface area contributed by atoms with Crippen molar-refractivity contribution in [3.05, 3.63) is 59.2 Å². The van der Waals surface area contributed by atoms with Crippen LogP contribution in [0.5, 0.6) is 0 Å². The summed E-state index contributed by atoms with van der Waals surface area (Å²) in [5.74, 6) is -0.834. The quantitative estimate of drug-likeness (QED) is 0.821. The Morgan fingerprint density at radius 3 is 2.17 bits per heavy atom. The van der Waals surface area contributed by atoms with Gasteiger partial charge in [-0.1, -0.05) is 38.1 Å². The van der Waals surface area contributed by atoms with E-state index in [1.807, 2.05) is 26.0 Å². The van der Waals surface area contributed by atoms with E-state index in [9.17, 15) is 14.4 Å². The van der Waals surface area contributed by atoms with Crippen molar-refractivity contribution in [3.63, 3.8) is 0 Å². The van der Waals surface area contributed by atoms with Gasteiger partial charge in [0.1, 0.15) is 0 Å². The highest BCUT2D eigenvalue weighted by atomic mass is 16.2. The molecule has 1 N–H and O–H groups in total. The highest BCUT2D eigenvalue weighted by Gasteiger charge is 2.40. The minimum absolute atomic E-state index is 0.114. The van der Waals surface area contributed by atoms with E-state index in [2.05, 4.69) is 5.32 Å². The summed E-state index contributed by atoms with van der Waals surface area (Å²) in [7, 11) is 0. The number of para-hydroxylation sites is 1. The second kappa shape index (κ2) is 4.77. The van der Waals surface area contributed by atoms with E-state index in [0.717, 1.165) is 10.5 Å². The Morgan fingerprint density at radius 1 is 0.917 bits per heavy atom. The molecule has 2 aliphatic heterocycles. The Labute approximate surface area is 139 Å². The number of nitrogens with zero attached hydrogens (tertiary/aromatic N) is 1. The van der Waals surface area contributed by atoms with Gasteiger partial charge in [0.15, 0.2) is 0 Å². The molecule has 0 unspecified atom stereocenters. The number of amides is 3. The molecule has 5 heteroatoms. The van der Waals surface area contributed by atoms with Crippen LogP contribution in [0.25, 0.3) is 0 Å². The fraction of sp³-hybridized carbons (Fsp3) is 0.211. The number of hydrogen-bond acceptors (Lipinski definition) is 3. The fourth-order valence-corrected chi connectivity index (χ4v) is 3.51. The number of imide groups is 1. The van der Waals surface area contributed by atoms with Gasteiger partial charge in [-0.3, -0.25) is 14.4 Å². The maximum absolute atomic E-state index is 12.7. The highest BCUT2D eigenvalue weighted by molar-refractivity contribution is 6.35. The van der Waals surface area contributed by atoms with Gasteiger partial charge in [0.25, 0.3) is 11.8 Å². The van der Waals surface area contributed by atoms with Crippen LogP contribution in [-0.4, -0.2) is 17.7 Å². The molecule has 3 amide bonds. The molecule has 0 bridgehead atoms. The summed E-state index contributed by atoms with van der Waals surface area (Å²) in [5, 5.41) is 2.84. The van der Waals surface area contributed by atoms with Gasteiger partial charge >= 0.3 is 0 Å². The van der Waals surface area contributed by atoms with Crippen LogP contribution in [0.2, 0.25) is 0 Å². The van der Waals surface area contributed by atoms with Gasteiger partial charge < -0.3 is 5.32 Å². The Balaban J connectivity index is 1.90. The van der Waals surface area contributed by atoms with Crippen LogP contribution in [0.15, 0.2) is 42.5 Å². The van der Waals surface area contributed by atoms with Crippen molar-refractivity contribution in [1.29, 1.82) is 0 Å². The second-order valence-corrected chi connectivity index (χ2v) is 6.80. The standard InChI is InChI=1S/C19H16N2O3/c1-19(2)10-15(22)20-16-13(19)8-5-9-14(16)21-17(23)11-6-3-4-7-12(11)18(21)24/h3-9H,10H2,1-2H3,(H,20,22). The van der Waals surface area contributed by atoms with Gasteiger partial charge in [0.2, 0.25) is 5.91 Å². The van der Waals surface area contributed by atoms with Crippen LogP contribution in [0.4, 0.5) is 11.4 Å². The van der Waals surface area contributed by atoms with Crippen molar-refractivity contribution < 1.29 is 14.4 Å². The molecule has 24 heavy (non-hydrogen) atoms. The first kappa shape index (κ1) is 14.6. The molecule has 2 aromatic rings. The predicted octanol–water partition coefficient (Wildman–Crippen LogP) is 3.11. The zero-order valence-corrected chi connectivity index (χ0v) is 13.4. The molecule has 0 aliphatic carbocycles. The molecule has 2 aliphatic rings. The van der Waals surface area contributed by atoms with Crippen LogP contribution in [0.1, 0.15) is 46.5 Å². The maximum Gasteiger partial charge on any atom is 0.266 e. The van der Waals surface area contributed by atoms with Crippen molar-refractivity contribution in [3.8, 4) is 0 Å². The number of carbonyl (C=O) groups excluding carboxylic acids is 3. The lowest BCUT2D eigenvalue weighted by Crippen LogP contribution is -2.36. The summed E-state index contributed by atoms with van der Waals surface area (Å²) in [5.41, 5.74) is 2.33. The predicted molar refractivity (Wildman–Crippen MR) is 90.3 cm³/mol. The SMILES string of the molecule is CC1(C)CC(=O)Nc2c(N3C(=O)c4ccccc4C3=O)cccc21. The summed E-state index contributed by atoms with van der Waals surface area (Å²) >= 11 is 0. The third-order valence-corrected chi connectivity index (χ3v) is 4.67. The Morgan fingerprint density at radius 2 is 1.54 bits per heavy atom. The minimum Gasteiger partial charge on any atom is -0.324 e. The van der Waals surface area contributed by atoms with Crippen molar-refractivity contribution in [2.45, 2.75) is 25.7 Å². The lowest BCUT2D eigenvalue weighted by Gasteiger charge is -2.34. The van der Waals surface area contributed by atoms with Gasteiger partial charge in [-0.25, -0.2) is 4.90 Å². The topological polar surface area (TPSA) is 66.5 Å². The zero-order valence-electron chi connectivity index (χ0n) is 13.4. The van der Waals surface area contributed by atoms with Gasteiger partial charge in [-0.15, -0.1) is 0 Å². The van der Waals surface area contributed by atoms with Crippen LogP contribution < -0.4 is 10.2 Å². The molecular formula is C19H16N2O3. The fourth-order valence-electron chi connectivity index (χ4n) is 3.51. The van der Waals surface area contributed by atoms with Crippen molar-refractivity contribution in [1.82, 2.24) is 0 Å². The summed E-state index contributed by atoms with van der Waals surface area (Å²) in [6, 6.07) is 12.2. The smallest absolute Gasteiger partial charge is 0.266 e. The van der Waals surface area contributed by atoms with E-state index in [1.165, 1.54) is 0 Å². The number of rotatable bonds is 1. The van der Waals surface area contributed by atoms with Crippen LogP contribution >= 0.6 is 0 Å². The molecule has 0 atom stereocenters. The largest absolute Gasteiger partial charge is 0.324 e. The summed E-state index contributed by atoms with van der Waals surface area (Å²) in [6.07, 6.45) is 0.367. The lowest BCUT2D eigenvalue weighted by atomic mass is 9.77. The maximum atomic E-state index is 12.7. The molecule has 0 spiro atoms. The Bertz CT molecular complexity index is 880. The van der Waals surface area contributed by atoms with Gasteiger partial charge in [-0.2, -0.15) is 0 Å². The molecule has 5 nitrogen and oxygen atoms in total. The molecular weight excluding hydrogens is 304 g/mol. The molecule has 120 valence electrons. The van der Waals surface area contributed by atoms with E-state index < -0.39 is 0 Å². The first-order valence-corrected chi connectivity index (χ1v) is 7.81. The number of anilines is 2. The minimum atomic E-state index is -0.360. The third-order valence-electron chi connectivity index (χ3n) is 4.67. The molecule has 0 saturated carbocycles. The number of carbonyl (C=O) groups is 3. The second-order valence-electron chi connectivity index (χ2n) is 6.80. The summed E-state index contributed by atoms with van der Waals surface area (Å²) in [4.78, 5) is 38.7. The van der Waals surface area contributed by atoms with Crippen molar-refractivity contribution in [2.24, 2.45) is 0 Å². The molecule has 2 aromatic carbocycles. The van der Waals surface area contributed by atoms with Crippen LogP contribution in [0, 0.1) is 0 Å². The van der Waals surface area contributed by atoms with E-state index in [-0.39, 0.29) is 23.1 Å². The van der Waals surface area contributed by atoms with Crippen LogP contribution in [-0.2, 0) is 10.2 Å². The first-order chi connectivity index (χ1) is 11.4. The van der Waals surface area contributed by atoms with E-state index >= 15 is 0 Å². The number of nitrogens with one attached hydrogen (secondary N) is 1. The Kier molecular flexibility index (Phi) is 2.91. The lowest BCUT2D eigenvalue weighted by molar-refractivity contribution is -0.117. The average Bonchev–Trinajstić information content (AvgIpc) is 2.78. The van der Waals surface area contributed by atoms with Crippen molar-refractivity contribution >= 4 is 29.1 Å². The average molecular weight is 320 g/mol. The third kappa shape index (κ3) is 1.91. The molecule has 4 rings (SSSR count). The van der Waals surface area contributed by atoms with Gasteiger partial charge in [0.05, 0.1) is 22.5 Å². The molecule has 0 saturated heterocycles. The molecule has 2 heterocycles.